The molecule has 0 saturated heterocycles. The van der Waals surface area contributed by atoms with Crippen LogP contribution in [0.25, 0.3) is 33.8 Å². The van der Waals surface area contributed by atoms with Gasteiger partial charge in [0, 0.05) is 39.7 Å². The van der Waals surface area contributed by atoms with Crippen LogP contribution in [0.15, 0.2) is 145 Å². The highest BCUT2D eigenvalue weighted by molar-refractivity contribution is 9.10. The second-order valence-electron chi connectivity index (χ2n) is 10.1. The SMILES string of the molecule is C=C/C=C(\C=C)Nc1cc(-c2ccccc2F)nc2c(Cl)cnn12.Clc1ccccc1-c1cc(Nc2ccccc2)n2ncc(Br)c2n1. The summed E-state index contributed by atoms with van der Waals surface area (Å²) in [7, 11) is 0. The van der Waals surface area contributed by atoms with Crippen molar-refractivity contribution in [1.29, 1.82) is 0 Å². The second-order valence-corrected chi connectivity index (χ2v) is 11.8. The monoisotopic (exact) mass is 738 g/mol. The number of aromatic nitrogens is 6. The van der Waals surface area contributed by atoms with E-state index in [4.69, 9.17) is 28.2 Å². The van der Waals surface area contributed by atoms with Crippen molar-refractivity contribution in [3.63, 3.8) is 0 Å². The average molecular weight is 740 g/mol. The Labute approximate surface area is 294 Å². The van der Waals surface area contributed by atoms with Gasteiger partial charge in [0.25, 0.3) is 0 Å². The minimum atomic E-state index is -0.360. The van der Waals surface area contributed by atoms with Crippen LogP contribution in [0, 0.1) is 5.82 Å². The summed E-state index contributed by atoms with van der Waals surface area (Å²) in [6.45, 7) is 7.41. The number of benzene rings is 3. The zero-order valence-electron chi connectivity index (χ0n) is 25.2. The van der Waals surface area contributed by atoms with Crippen LogP contribution >= 0.6 is 39.1 Å². The molecule has 0 atom stereocenters. The van der Waals surface area contributed by atoms with Crippen LogP contribution in [-0.2, 0) is 0 Å². The lowest BCUT2D eigenvalue weighted by Gasteiger charge is -2.11. The van der Waals surface area contributed by atoms with Gasteiger partial charge in [0.05, 0.1) is 28.3 Å². The maximum absolute atomic E-state index is 14.1. The van der Waals surface area contributed by atoms with Crippen LogP contribution in [0.1, 0.15) is 0 Å². The molecule has 0 spiro atoms. The Balaban J connectivity index is 0.000000167. The minimum absolute atomic E-state index is 0.360. The number of anilines is 3. The zero-order valence-corrected chi connectivity index (χ0v) is 28.3. The van der Waals surface area contributed by atoms with Gasteiger partial charge in [-0.3, -0.25) is 0 Å². The Morgan fingerprint density at radius 1 is 0.750 bits per heavy atom. The fourth-order valence-corrected chi connectivity index (χ4v) is 5.52. The number of nitrogens with one attached hydrogen (secondary N) is 2. The maximum Gasteiger partial charge on any atom is 0.176 e. The van der Waals surface area contributed by atoms with Crippen molar-refractivity contribution in [1.82, 2.24) is 29.2 Å². The van der Waals surface area contributed by atoms with Gasteiger partial charge >= 0.3 is 0 Å². The summed E-state index contributed by atoms with van der Waals surface area (Å²) in [5, 5.41) is 16.2. The third-order valence-corrected chi connectivity index (χ3v) is 8.15. The molecule has 0 aliphatic carbocycles. The standard InChI is InChI=1S/C18H12BrClN4.C18H14ClFN4/c19-14-11-21-24-17(22-12-6-2-1-3-7-12)10-16(23-18(14)24)13-8-4-5-9-15(13)20;1-3-7-12(4-2)22-17-10-16(13-8-5-6-9-15(13)20)23-18-14(19)11-21-24(17)18/h1-11,22H;3-11,22H,1-2H2/b;12-7+. The summed E-state index contributed by atoms with van der Waals surface area (Å²) in [4.78, 5) is 9.13. The maximum atomic E-state index is 14.1. The summed E-state index contributed by atoms with van der Waals surface area (Å²) in [6, 6.07) is 27.7. The molecule has 12 heteroatoms. The quantitative estimate of drug-likeness (QED) is 0.151. The minimum Gasteiger partial charge on any atom is -0.340 e. The highest BCUT2D eigenvalue weighted by Crippen LogP contribution is 2.31. The molecule has 0 amide bonds. The Kier molecular flexibility index (Phi) is 9.96. The molecule has 2 N–H and O–H groups in total. The molecule has 4 heterocycles. The van der Waals surface area contributed by atoms with Crippen LogP contribution < -0.4 is 10.6 Å². The first kappa shape index (κ1) is 32.6. The molecule has 0 saturated carbocycles. The largest absolute Gasteiger partial charge is 0.340 e. The van der Waals surface area contributed by atoms with E-state index in [1.165, 1.54) is 12.3 Å². The topological polar surface area (TPSA) is 84.4 Å². The molecule has 0 radical (unpaired) electrons. The van der Waals surface area contributed by atoms with E-state index in [2.05, 4.69) is 54.9 Å². The molecule has 0 aliphatic rings. The van der Waals surface area contributed by atoms with Gasteiger partial charge in [-0.05, 0) is 58.4 Å². The van der Waals surface area contributed by atoms with Crippen molar-refractivity contribution in [3.8, 4) is 22.5 Å². The number of nitrogens with zero attached hydrogens (tertiary/aromatic N) is 6. The van der Waals surface area contributed by atoms with E-state index in [1.807, 2.05) is 60.7 Å². The van der Waals surface area contributed by atoms with Gasteiger partial charge in [-0.15, -0.1) is 0 Å². The lowest BCUT2D eigenvalue weighted by Crippen LogP contribution is -2.05. The Morgan fingerprint density at radius 2 is 1.38 bits per heavy atom. The van der Waals surface area contributed by atoms with E-state index >= 15 is 0 Å². The molecule has 48 heavy (non-hydrogen) atoms. The molecule has 4 aromatic heterocycles. The van der Waals surface area contributed by atoms with E-state index in [0.29, 0.717) is 38.5 Å². The predicted molar refractivity (Wildman–Crippen MR) is 196 cm³/mol. The summed E-state index contributed by atoms with van der Waals surface area (Å²) in [6.07, 6.45) is 8.26. The second kappa shape index (κ2) is 14.6. The van der Waals surface area contributed by atoms with Crippen LogP contribution in [0.2, 0.25) is 10.0 Å². The smallest absolute Gasteiger partial charge is 0.176 e. The zero-order chi connectivity index (χ0) is 33.6. The van der Waals surface area contributed by atoms with Crippen molar-refractivity contribution in [2.24, 2.45) is 0 Å². The molecular weight excluding hydrogens is 714 g/mol. The fourth-order valence-electron chi connectivity index (χ4n) is 4.77. The first-order valence-electron chi connectivity index (χ1n) is 14.5. The molecule has 238 valence electrons. The van der Waals surface area contributed by atoms with Gasteiger partial charge in [-0.2, -0.15) is 19.2 Å². The highest BCUT2D eigenvalue weighted by Gasteiger charge is 2.15. The molecule has 0 aliphatic heterocycles. The predicted octanol–water partition coefficient (Wildman–Crippen LogP) is 10.4. The summed E-state index contributed by atoms with van der Waals surface area (Å²) >= 11 is 16.0. The van der Waals surface area contributed by atoms with Gasteiger partial charge in [-0.25, -0.2) is 14.4 Å². The highest BCUT2D eigenvalue weighted by atomic mass is 79.9. The number of fused-ring (bicyclic) bond motifs is 2. The lowest BCUT2D eigenvalue weighted by atomic mass is 10.1. The van der Waals surface area contributed by atoms with Gasteiger partial charge in [0.2, 0.25) is 0 Å². The molecule has 7 aromatic rings. The first-order chi connectivity index (χ1) is 23.4. The number of allylic oxidation sites excluding steroid dienone is 3. The third kappa shape index (κ3) is 7.01. The normalized spacial score (nSPS) is 11.2. The molecular formula is C36H26BrCl2FN8. The van der Waals surface area contributed by atoms with Crippen molar-refractivity contribution >= 4 is 67.7 Å². The van der Waals surface area contributed by atoms with Crippen LogP contribution in [0.5, 0.6) is 0 Å². The van der Waals surface area contributed by atoms with Crippen molar-refractivity contribution in [2.45, 2.75) is 0 Å². The van der Waals surface area contributed by atoms with Crippen LogP contribution in [0.4, 0.5) is 21.7 Å². The number of hydrogen-bond acceptors (Lipinski definition) is 6. The fraction of sp³-hybridized carbons (Fsp3) is 0. The van der Waals surface area contributed by atoms with Crippen molar-refractivity contribution < 1.29 is 4.39 Å². The average Bonchev–Trinajstić information content (AvgIpc) is 3.67. The summed E-state index contributed by atoms with van der Waals surface area (Å²) in [5.41, 5.74) is 5.34. The molecule has 8 nitrogen and oxygen atoms in total. The lowest BCUT2D eigenvalue weighted by molar-refractivity contribution is 0.630. The van der Waals surface area contributed by atoms with Crippen LogP contribution in [0.3, 0.4) is 0 Å². The molecule has 0 fully saturated rings. The molecule has 7 rings (SSSR count). The van der Waals surface area contributed by atoms with E-state index in [1.54, 1.807) is 57.7 Å². The van der Waals surface area contributed by atoms with Crippen LogP contribution in [-0.4, -0.2) is 29.2 Å². The number of para-hydroxylation sites is 1. The Bertz CT molecular complexity index is 2300. The van der Waals surface area contributed by atoms with Crippen molar-refractivity contribution in [2.75, 3.05) is 10.6 Å². The van der Waals surface area contributed by atoms with E-state index in [-0.39, 0.29) is 5.82 Å². The first-order valence-corrected chi connectivity index (χ1v) is 16.0. The van der Waals surface area contributed by atoms with Gasteiger partial charge in [0.1, 0.15) is 22.5 Å². The Morgan fingerprint density at radius 3 is 2.10 bits per heavy atom. The third-order valence-electron chi connectivity index (χ3n) is 6.99. The molecule has 0 unspecified atom stereocenters. The van der Waals surface area contributed by atoms with E-state index in [9.17, 15) is 4.39 Å². The van der Waals surface area contributed by atoms with Gasteiger partial charge in [0.15, 0.2) is 11.3 Å². The Hall–Kier alpha value is -5.29. The number of hydrogen-bond donors (Lipinski definition) is 2. The summed E-state index contributed by atoms with van der Waals surface area (Å²) < 4.78 is 18.3. The molecule has 3 aromatic carbocycles. The number of rotatable bonds is 8. The van der Waals surface area contributed by atoms with Gasteiger partial charge < -0.3 is 10.6 Å². The molecule has 0 bridgehead atoms. The van der Waals surface area contributed by atoms with E-state index in [0.717, 1.165) is 32.9 Å². The number of halogens is 4. The van der Waals surface area contributed by atoms with E-state index < -0.39 is 0 Å². The van der Waals surface area contributed by atoms with Gasteiger partial charge in [-0.1, -0.05) is 91.0 Å². The summed E-state index contributed by atoms with van der Waals surface area (Å²) in [5.74, 6) is 1.03. The van der Waals surface area contributed by atoms with Crippen molar-refractivity contribution in [3.05, 3.63) is 161 Å².